The molecule has 0 radical (unpaired) electrons. The van der Waals surface area contributed by atoms with Gasteiger partial charge in [-0.05, 0) is 12.1 Å². The molecule has 0 bridgehead atoms. The number of aromatic nitrogens is 1. The maximum Gasteiger partial charge on any atom is 0.374 e. The van der Waals surface area contributed by atoms with Gasteiger partial charge in [0.05, 0.1) is 11.1 Å². The average molecular weight is 269 g/mol. The van der Waals surface area contributed by atoms with Gasteiger partial charge in [-0.25, -0.2) is 18.4 Å². The first-order valence-corrected chi connectivity index (χ1v) is 4.83. The van der Waals surface area contributed by atoms with Gasteiger partial charge in [-0.15, -0.1) is 0 Å². The van der Waals surface area contributed by atoms with E-state index in [0.29, 0.717) is 12.1 Å². The Morgan fingerprint density at radius 1 is 1.05 bits per heavy atom. The molecule has 1 aromatic heterocycles. The number of carbonyl (C=O) groups is 2. The lowest BCUT2D eigenvalue weighted by atomic mass is 10.1. The van der Waals surface area contributed by atoms with Crippen molar-refractivity contribution < 1.29 is 33.1 Å². The molecule has 0 aliphatic heterocycles. The highest BCUT2D eigenvalue weighted by Gasteiger charge is 2.21. The Hall–Kier alpha value is -2.77. The van der Waals surface area contributed by atoms with Crippen LogP contribution in [0.15, 0.2) is 22.7 Å². The highest BCUT2D eigenvalue weighted by molar-refractivity contribution is 5.89. The Labute approximate surface area is 103 Å². The van der Waals surface area contributed by atoms with Gasteiger partial charge < -0.3 is 14.7 Å². The summed E-state index contributed by atoms with van der Waals surface area (Å²) in [7, 11) is 0. The highest BCUT2D eigenvalue weighted by Crippen LogP contribution is 2.27. The third-order valence-corrected chi connectivity index (χ3v) is 2.27. The molecule has 6 nitrogen and oxygen atoms in total. The van der Waals surface area contributed by atoms with E-state index in [9.17, 15) is 18.4 Å². The number of carboxylic acid groups (broad SMARTS) is 2. The monoisotopic (exact) mass is 269 g/mol. The molecule has 8 heteroatoms. The first kappa shape index (κ1) is 12.7. The van der Waals surface area contributed by atoms with Crippen molar-refractivity contribution in [3.63, 3.8) is 0 Å². The number of hydrogen-bond acceptors (Lipinski definition) is 4. The number of halogens is 2. The van der Waals surface area contributed by atoms with Crippen LogP contribution in [-0.2, 0) is 0 Å². The number of aromatic carboxylic acids is 2. The summed E-state index contributed by atoms with van der Waals surface area (Å²) in [6.07, 6.45) is 0. The topological polar surface area (TPSA) is 101 Å². The van der Waals surface area contributed by atoms with Crippen LogP contribution in [0.4, 0.5) is 8.78 Å². The summed E-state index contributed by atoms with van der Waals surface area (Å²) in [5, 5.41) is 20.4. The zero-order chi connectivity index (χ0) is 14.2. The fraction of sp³-hybridized carbons (Fsp3) is 0. The Morgan fingerprint density at radius 3 is 2.05 bits per heavy atom. The van der Waals surface area contributed by atoms with Crippen LogP contribution < -0.4 is 0 Å². The van der Waals surface area contributed by atoms with Crippen LogP contribution in [0.5, 0.6) is 0 Å². The SMILES string of the molecule is O=C(O)c1cc(F)c(-c2cc(C(=O)O)on2)c(F)c1. The van der Waals surface area contributed by atoms with E-state index in [2.05, 4.69) is 9.68 Å². The second kappa shape index (κ2) is 4.48. The van der Waals surface area contributed by atoms with E-state index in [1.54, 1.807) is 0 Å². The van der Waals surface area contributed by atoms with E-state index in [1.807, 2.05) is 0 Å². The molecule has 2 N–H and O–H groups in total. The quantitative estimate of drug-likeness (QED) is 0.883. The van der Waals surface area contributed by atoms with E-state index in [-0.39, 0.29) is 5.69 Å². The van der Waals surface area contributed by atoms with Gasteiger partial charge in [0.2, 0.25) is 5.76 Å². The van der Waals surface area contributed by atoms with Crippen LogP contribution >= 0.6 is 0 Å². The fourth-order valence-corrected chi connectivity index (χ4v) is 1.44. The number of rotatable bonds is 3. The molecule has 2 aromatic rings. The second-order valence-electron chi connectivity index (χ2n) is 3.50. The lowest BCUT2D eigenvalue weighted by Crippen LogP contribution is -2.01. The number of hydrogen-bond donors (Lipinski definition) is 2. The summed E-state index contributed by atoms with van der Waals surface area (Å²) < 4.78 is 31.6. The third-order valence-electron chi connectivity index (χ3n) is 2.27. The van der Waals surface area contributed by atoms with Gasteiger partial charge in [0.25, 0.3) is 0 Å². The molecule has 0 spiro atoms. The van der Waals surface area contributed by atoms with Crippen LogP contribution in [0, 0.1) is 11.6 Å². The largest absolute Gasteiger partial charge is 0.478 e. The summed E-state index contributed by atoms with van der Waals surface area (Å²) >= 11 is 0. The second-order valence-corrected chi connectivity index (χ2v) is 3.50. The van der Waals surface area contributed by atoms with Crippen molar-refractivity contribution in [2.75, 3.05) is 0 Å². The number of carboxylic acids is 2. The van der Waals surface area contributed by atoms with Crippen LogP contribution in [0.3, 0.4) is 0 Å². The van der Waals surface area contributed by atoms with Crippen molar-refractivity contribution in [2.24, 2.45) is 0 Å². The molecular formula is C11H5F2NO5. The minimum atomic E-state index is -1.49. The van der Waals surface area contributed by atoms with E-state index in [4.69, 9.17) is 10.2 Å². The zero-order valence-corrected chi connectivity index (χ0v) is 9.05. The molecule has 0 atom stereocenters. The molecule has 0 aliphatic carbocycles. The summed E-state index contributed by atoms with van der Waals surface area (Å²) in [6.45, 7) is 0. The van der Waals surface area contributed by atoms with E-state index in [1.165, 1.54) is 0 Å². The van der Waals surface area contributed by atoms with Gasteiger partial charge in [0.15, 0.2) is 0 Å². The minimum absolute atomic E-state index is 0.371. The summed E-state index contributed by atoms with van der Waals surface area (Å²) in [4.78, 5) is 21.2. The standard InChI is InChI=1S/C11H5F2NO5/c12-5-1-4(10(15)16)2-6(13)9(5)7-3-8(11(17)18)19-14-7/h1-3H,(H,15,16)(H,17,18). The molecule has 0 fully saturated rings. The van der Waals surface area contributed by atoms with E-state index >= 15 is 0 Å². The van der Waals surface area contributed by atoms with Gasteiger partial charge in [-0.2, -0.15) is 0 Å². The van der Waals surface area contributed by atoms with Crippen LogP contribution in [0.25, 0.3) is 11.3 Å². The molecule has 1 heterocycles. The molecule has 19 heavy (non-hydrogen) atoms. The summed E-state index contributed by atoms with van der Waals surface area (Å²) in [5.74, 6) is -5.88. The summed E-state index contributed by atoms with van der Waals surface area (Å²) in [6, 6.07) is 2.05. The normalized spacial score (nSPS) is 10.4. The molecule has 0 unspecified atom stereocenters. The molecule has 98 valence electrons. The molecule has 0 saturated carbocycles. The van der Waals surface area contributed by atoms with Crippen molar-refractivity contribution in [1.82, 2.24) is 5.16 Å². The summed E-state index contributed by atoms with van der Waals surface area (Å²) in [5.41, 5.74) is -1.59. The van der Waals surface area contributed by atoms with E-state index < -0.39 is 40.5 Å². The van der Waals surface area contributed by atoms with Gasteiger partial charge in [-0.3, -0.25) is 0 Å². The Morgan fingerprint density at radius 2 is 1.63 bits per heavy atom. The predicted octanol–water partition coefficient (Wildman–Crippen LogP) is 2.02. The van der Waals surface area contributed by atoms with Crippen molar-refractivity contribution in [3.05, 3.63) is 41.2 Å². The van der Waals surface area contributed by atoms with Crippen LogP contribution in [-0.4, -0.2) is 27.3 Å². The van der Waals surface area contributed by atoms with E-state index in [0.717, 1.165) is 6.07 Å². The van der Waals surface area contributed by atoms with Crippen LogP contribution in [0.2, 0.25) is 0 Å². The van der Waals surface area contributed by atoms with Gasteiger partial charge in [-0.1, -0.05) is 5.16 Å². The number of nitrogens with zero attached hydrogens (tertiary/aromatic N) is 1. The Kier molecular flexibility index (Phi) is 2.99. The maximum absolute atomic E-state index is 13.6. The lowest BCUT2D eigenvalue weighted by molar-refractivity contribution is 0.0650. The highest BCUT2D eigenvalue weighted by atomic mass is 19.1. The minimum Gasteiger partial charge on any atom is -0.478 e. The van der Waals surface area contributed by atoms with Crippen molar-refractivity contribution in [2.45, 2.75) is 0 Å². The third kappa shape index (κ3) is 2.28. The van der Waals surface area contributed by atoms with Crippen molar-refractivity contribution in [1.29, 1.82) is 0 Å². The number of benzene rings is 1. The molecule has 1 aromatic carbocycles. The predicted molar refractivity (Wildman–Crippen MR) is 55.8 cm³/mol. The first-order valence-electron chi connectivity index (χ1n) is 4.83. The fourth-order valence-electron chi connectivity index (χ4n) is 1.44. The molecule has 2 rings (SSSR count). The molecule has 0 saturated heterocycles. The average Bonchev–Trinajstić information content (AvgIpc) is 2.77. The Bertz CT molecular complexity index is 656. The smallest absolute Gasteiger partial charge is 0.374 e. The molecule has 0 aliphatic rings. The first-order chi connectivity index (χ1) is 8.90. The zero-order valence-electron chi connectivity index (χ0n) is 9.05. The van der Waals surface area contributed by atoms with Gasteiger partial charge in [0.1, 0.15) is 17.3 Å². The van der Waals surface area contributed by atoms with Gasteiger partial charge >= 0.3 is 11.9 Å². The van der Waals surface area contributed by atoms with Gasteiger partial charge in [0, 0.05) is 6.07 Å². The van der Waals surface area contributed by atoms with Crippen LogP contribution in [0.1, 0.15) is 20.9 Å². The van der Waals surface area contributed by atoms with Crippen molar-refractivity contribution >= 4 is 11.9 Å². The molecule has 0 amide bonds. The Balaban J connectivity index is 2.55. The lowest BCUT2D eigenvalue weighted by Gasteiger charge is -2.02. The maximum atomic E-state index is 13.6. The van der Waals surface area contributed by atoms with Crippen molar-refractivity contribution in [3.8, 4) is 11.3 Å². The molecular weight excluding hydrogens is 264 g/mol.